The molecule has 0 spiro atoms. The number of rotatable bonds is 7. The Morgan fingerprint density at radius 1 is 1.15 bits per heavy atom. The number of aromatic nitrogens is 1. The minimum atomic E-state index is -0.550. The maximum Gasteiger partial charge on any atom is 0.410 e. The van der Waals surface area contributed by atoms with Crippen LogP contribution in [0.1, 0.15) is 18.2 Å². The Hall–Kier alpha value is -3.24. The highest BCUT2D eigenvalue weighted by Gasteiger charge is 2.24. The number of benzene rings is 1. The molecule has 1 fully saturated rings. The summed E-state index contributed by atoms with van der Waals surface area (Å²) in [5.41, 5.74) is 1.91. The van der Waals surface area contributed by atoms with E-state index in [-0.39, 0.29) is 17.9 Å². The van der Waals surface area contributed by atoms with Crippen LogP contribution in [0.3, 0.4) is 0 Å². The van der Waals surface area contributed by atoms with Crippen LogP contribution in [-0.4, -0.2) is 72.9 Å². The minimum Gasteiger partial charge on any atom is -0.444 e. The van der Waals surface area contributed by atoms with Gasteiger partial charge in [0.1, 0.15) is 6.10 Å². The standard InChI is InChI=1S/C23H30FN5O4/c1-16-7-8-19(13-25-16)26-22(30)27-20-6-4-5-18(21(20)24)14-28-9-11-29(12-10-28)23(31)33-17(2)15-32-3/h4-8,13,17H,9-12,14-15H2,1-3H3,(H2,26,27,30)/t17-/m0/s1. The fourth-order valence-electron chi connectivity index (χ4n) is 3.47. The van der Waals surface area contributed by atoms with Crippen LogP contribution < -0.4 is 10.6 Å². The summed E-state index contributed by atoms with van der Waals surface area (Å²) in [5.74, 6) is -0.482. The molecule has 1 aromatic heterocycles. The van der Waals surface area contributed by atoms with E-state index < -0.39 is 11.8 Å². The number of anilines is 2. The first kappa shape index (κ1) is 24.4. The number of carbonyl (C=O) groups is 2. The lowest BCUT2D eigenvalue weighted by atomic mass is 10.1. The smallest absolute Gasteiger partial charge is 0.410 e. The summed E-state index contributed by atoms with van der Waals surface area (Å²) in [4.78, 5) is 32.3. The molecule has 1 saturated heterocycles. The van der Waals surface area contributed by atoms with Crippen molar-refractivity contribution in [2.45, 2.75) is 26.5 Å². The molecule has 3 amide bonds. The van der Waals surface area contributed by atoms with Gasteiger partial charge in [-0.3, -0.25) is 9.88 Å². The second-order valence-corrected chi connectivity index (χ2v) is 7.96. The van der Waals surface area contributed by atoms with Crippen molar-refractivity contribution < 1.29 is 23.5 Å². The number of carbonyl (C=O) groups excluding carboxylic acids is 2. The van der Waals surface area contributed by atoms with E-state index in [1.807, 2.05) is 6.92 Å². The highest BCUT2D eigenvalue weighted by atomic mass is 19.1. The van der Waals surface area contributed by atoms with Crippen LogP contribution >= 0.6 is 0 Å². The van der Waals surface area contributed by atoms with E-state index in [2.05, 4.69) is 20.5 Å². The van der Waals surface area contributed by atoms with Crippen molar-refractivity contribution in [3.05, 3.63) is 53.6 Å². The molecule has 1 aliphatic heterocycles. The van der Waals surface area contributed by atoms with Crippen molar-refractivity contribution in [3.63, 3.8) is 0 Å². The molecule has 1 aliphatic rings. The maximum absolute atomic E-state index is 15.0. The molecule has 1 atom stereocenters. The Balaban J connectivity index is 1.52. The molecule has 0 bridgehead atoms. The van der Waals surface area contributed by atoms with E-state index in [4.69, 9.17) is 9.47 Å². The molecule has 0 radical (unpaired) electrons. The lowest BCUT2D eigenvalue weighted by molar-refractivity contribution is 0.0190. The summed E-state index contributed by atoms with van der Waals surface area (Å²) in [6, 6.07) is 7.85. The van der Waals surface area contributed by atoms with Crippen LogP contribution in [-0.2, 0) is 16.0 Å². The monoisotopic (exact) mass is 459 g/mol. The fourth-order valence-corrected chi connectivity index (χ4v) is 3.47. The number of methoxy groups -OCH3 is 1. The van der Waals surface area contributed by atoms with E-state index in [0.717, 1.165) is 5.69 Å². The molecule has 0 unspecified atom stereocenters. The molecule has 178 valence electrons. The molecule has 3 rings (SSSR count). The van der Waals surface area contributed by atoms with E-state index in [1.54, 1.807) is 43.2 Å². The number of aryl methyl sites for hydroxylation is 1. The van der Waals surface area contributed by atoms with Crippen LogP contribution in [0.4, 0.5) is 25.4 Å². The summed E-state index contributed by atoms with van der Waals surface area (Å²) in [6.45, 7) is 6.50. The van der Waals surface area contributed by atoms with E-state index >= 15 is 4.39 Å². The molecule has 9 nitrogen and oxygen atoms in total. The second-order valence-electron chi connectivity index (χ2n) is 7.96. The zero-order chi connectivity index (χ0) is 23.8. The molecule has 1 aromatic carbocycles. The third-order valence-electron chi connectivity index (χ3n) is 5.22. The van der Waals surface area contributed by atoms with E-state index in [1.165, 1.54) is 12.3 Å². The summed E-state index contributed by atoms with van der Waals surface area (Å²) in [5, 5.41) is 5.19. The number of hydrogen-bond acceptors (Lipinski definition) is 6. The highest BCUT2D eigenvalue weighted by Crippen LogP contribution is 2.21. The number of nitrogens with one attached hydrogen (secondary N) is 2. The summed E-state index contributed by atoms with van der Waals surface area (Å²) in [6.07, 6.45) is 0.853. The average molecular weight is 460 g/mol. The average Bonchev–Trinajstić information content (AvgIpc) is 2.78. The van der Waals surface area contributed by atoms with Crippen LogP contribution in [0.2, 0.25) is 0 Å². The quantitative estimate of drug-likeness (QED) is 0.658. The first-order chi connectivity index (χ1) is 15.9. The number of nitrogens with zero attached hydrogens (tertiary/aromatic N) is 3. The largest absolute Gasteiger partial charge is 0.444 e. The van der Waals surface area contributed by atoms with Crippen molar-refractivity contribution in [2.24, 2.45) is 0 Å². The van der Waals surface area contributed by atoms with Crippen LogP contribution in [0.15, 0.2) is 36.5 Å². The molecular weight excluding hydrogens is 429 g/mol. The number of halogens is 1. The summed E-state index contributed by atoms with van der Waals surface area (Å²) in [7, 11) is 1.56. The van der Waals surface area contributed by atoms with Crippen LogP contribution in [0, 0.1) is 12.7 Å². The topological polar surface area (TPSA) is 96.0 Å². The van der Waals surface area contributed by atoms with Gasteiger partial charge in [-0.1, -0.05) is 12.1 Å². The normalized spacial score (nSPS) is 15.1. The lowest BCUT2D eigenvalue weighted by Gasteiger charge is -2.34. The third-order valence-corrected chi connectivity index (χ3v) is 5.22. The number of hydrogen-bond donors (Lipinski definition) is 2. The summed E-state index contributed by atoms with van der Waals surface area (Å²) < 4.78 is 25.3. The maximum atomic E-state index is 15.0. The Labute approximate surface area is 192 Å². The van der Waals surface area contributed by atoms with Gasteiger partial charge in [0.15, 0.2) is 5.82 Å². The van der Waals surface area contributed by atoms with Crippen molar-refractivity contribution in [1.29, 1.82) is 0 Å². The molecular formula is C23H30FN5O4. The first-order valence-corrected chi connectivity index (χ1v) is 10.8. The molecule has 0 saturated carbocycles. The van der Waals surface area contributed by atoms with Crippen molar-refractivity contribution in [2.75, 3.05) is 50.5 Å². The van der Waals surface area contributed by atoms with Gasteiger partial charge in [0.05, 0.1) is 24.2 Å². The highest BCUT2D eigenvalue weighted by molar-refractivity contribution is 5.99. The molecule has 2 N–H and O–H groups in total. The van der Waals surface area contributed by atoms with Gasteiger partial charge < -0.3 is 25.0 Å². The summed E-state index contributed by atoms with van der Waals surface area (Å²) >= 11 is 0. The van der Waals surface area contributed by atoms with Crippen LogP contribution in [0.25, 0.3) is 0 Å². The Bertz CT molecular complexity index is 948. The molecule has 10 heteroatoms. The SMILES string of the molecule is COC[C@H](C)OC(=O)N1CCN(Cc2cccc(NC(=O)Nc3ccc(C)nc3)c2F)CC1. The van der Waals surface area contributed by atoms with Gasteiger partial charge in [-0.2, -0.15) is 0 Å². The Morgan fingerprint density at radius 3 is 2.58 bits per heavy atom. The predicted molar refractivity (Wildman–Crippen MR) is 123 cm³/mol. The van der Waals surface area contributed by atoms with Gasteiger partial charge in [-0.05, 0) is 32.0 Å². The predicted octanol–water partition coefficient (Wildman–Crippen LogP) is 3.46. The lowest BCUT2D eigenvalue weighted by Crippen LogP contribution is -2.49. The van der Waals surface area contributed by atoms with E-state index in [9.17, 15) is 9.59 Å². The second kappa shape index (κ2) is 11.6. The number of amides is 3. The number of piperazine rings is 1. The van der Waals surface area contributed by atoms with Crippen molar-refractivity contribution >= 4 is 23.5 Å². The number of ether oxygens (including phenoxy) is 2. The zero-order valence-electron chi connectivity index (χ0n) is 19.1. The van der Waals surface area contributed by atoms with Gasteiger partial charge in [0.2, 0.25) is 0 Å². The van der Waals surface area contributed by atoms with Gasteiger partial charge in [0.25, 0.3) is 0 Å². The zero-order valence-corrected chi connectivity index (χ0v) is 19.1. The molecule has 2 aromatic rings. The first-order valence-electron chi connectivity index (χ1n) is 10.8. The van der Waals surface area contributed by atoms with E-state index in [0.29, 0.717) is 50.6 Å². The number of pyridine rings is 1. The Kier molecular flexibility index (Phi) is 8.56. The third kappa shape index (κ3) is 7.13. The minimum absolute atomic E-state index is 0.0967. The van der Waals surface area contributed by atoms with Gasteiger partial charge in [-0.15, -0.1) is 0 Å². The molecule has 2 heterocycles. The van der Waals surface area contributed by atoms with Gasteiger partial charge in [0, 0.05) is 51.1 Å². The molecule has 0 aliphatic carbocycles. The van der Waals surface area contributed by atoms with Gasteiger partial charge >= 0.3 is 12.1 Å². The Morgan fingerprint density at radius 2 is 1.91 bits per heavy atom. The fraction of sp³-hybridized carbons (Fsp3) is 0.435. The molecule has 33 heavy (non-hydrogen) atoms. The van der Waals surface area contributed by atoms with Crippen molar-refractivity contribution in [1.82, 2.24) is 14.8 Å². The number of urea groups is 1. The van der Waals surface area contributed by atoms with Crippen LogP contribution in [0.5, 0.6) is 0 Å². The van der Waals surface area contributed by atoms with Crippen molar-refractivity contribution in [3.8, 4) is 0 Å². The van der Waals surface area contributed by atoms with Gasteiger partial charge in [-0.25, -0.2) is 14.0 Å².